The van der Waals surface area contributed by atoms with E-state index in [4.69, 9.17) is 31.3 Å². The molecule has 0 aromatic carbocycles. The van der Waals surface area contributed by atoms with Crippen LogP contribution in [0.25, 0.3) is 0 Å². The summed E-state index contributed by atoms with van der Waals surface area (Å²) in [6.45, 7) is 3.14. The van der Waals surface area contributed by atoms with E-state index in [9.17, 15) is 0 Å². The molecule has 0 saturated carbocycles. The van der Waals surface area contributed by atoms with E-state index in [2.05, 4.69) is 0 Å². The van der Waals surface area contributed by atoms with Gasteiger partial charge in [0.05, 0.1) is 0 Å². The second-order valence-corrected chi connectivity index (χ2v) is 1.56. The maximum atomic E-state index is 8.89. The van der Waals surface area contributed by atoms with Crippen LogP contribution in [-0.4, -0.2) is 25.0 Å². The zero-order chi connectivity index (χ0) is 10.6. The number of aliphatic carboxylic acids is 2. The molecular formula is C6H14N2NiO4. The smallest absolute Gasteiger partial charge is 0.550 e. The van der Waals surface area contributed by atoms with Crippen molar-refractivity contribution < 1.29 is 36.3 Å². The second-order valence-electron chi connectivity index (χ2n) is 1.56. The Hall–Kier alpha value is -0.646. The summed E-state index contributed by atoms with van der Waals surface area (Å²) >= 11 is 0. The summed E-state index contributed by atoms with van der Waals surface area (Å²) in [5.74, 6) is -2.17. The van der Waals surface area contributed by atoms with Crippen LogP contribution in [0.1, 0.15) is 13.8 Å². The van der Waals surface area contributed by atoms with Crippen LogP contribution < -0.4 is 21.7 Å². The van der Waals surface area contributed by atoms with Gasteiger partial charge in [-0.15, -0.1) is 0 Å². The summed E-state index contributed by atoms with van der Waals surface area (Å²) in [6, 6.07) is 0. The molecule has 4 N–H and O–H groups in total. The van der Waals surface area contributed by atoms with Crippen molar-refractivity contribution in [3.05, 3.63) is 0 Å². The topological polar surface area (TPSA) is 132 Å². The molecule has 82 valence electrons. The average Bonchev–Trinajstić information content (AvgIpc) is 1.85. The molecular weight excluding hydrogens is 223 g/mol. The molecule has 0 aliphatic rings. The predicted octanol–water partition coefficient (Wildman–Crippen LogP) is -3.59. The van der Waals surface area contributed by atoms with Crippen molar-refractivity contribution in [2.45, 2.75) is 13.8 Å². The van der Waals surface area contributed by atoms with E-state index in [-0.39, 0.29) is 16.5 Å². The Labute approximate surface area is 87.2 Å². The van der Waals surface area contributed by atoms with Gasteiger partial charge in [-0.25, -0.2) is 0 Å². The standard InChI is InChI=1S/C2H8N2.2C2H4O2.Ni/c3-1-2-4;2*1-2(3)4;/h1-4H2;2*1H3,(H,3,4);/q;;;+2/p-2. The predicted molar refractivity (Wildman–Crippen MR) is 39.5 cm³/mol. The first-order chi connectivity index (χ1) is 5.38. The van der Waals surface area contributed by atoms with Crippen LogP contribution in [0.5, 0.6) is 0 Å². The molecule has 0 rings (SSSR count). The van der Waals surface area contributed by atoms with Gasteiger partial charge in [0.15, 0.2) is 0 Å². The molecule has 0 fully saturated rings. The molecule has 7 heteroatoms. The van der Waals surface area contributed by atoms with Crippen LogP contribution in [0, 0.1) is 0 Å². The normalized spacial score (nSPS) is 6.15. The molecule has 0 aromatic rings. The maximum absolute atomic E-state index is 8.89. The number of hydrogen-bond acceptors (Lipinski definition) is 6. The molecule has 0 aliphatic carbocycles. The van der Waals surface area contributed by atoms with Gasteiger partial charge in [0.25, 0.3) is 0 Å². The third-order valence-corrected chi connectivity index (χ3v) is 0.167. The summed E-state index contributed by atoms with van der Waals surface area (Å²) in [6.07, 6.45) is 0. The van der Waals surface area contributed by atoms with E-state index < -0.39 is 11.9 Å². The quantitative estimate of drug-likeness (QED) is 0.453. The summed E-state index contributed by atoms with van der Waals surface area (Å²) < 4.78 is 0. The molecule has 6 nitrogen and oxygen atoms in total. The molecule has 0 saturated heterocycles. The van der Waals surface area contributed by atoms with Crippen molar-refractivity contribution in [1.82, 2.24) is 0 Å². The van der Waals surface area contributed by atoms with Crippen LogP contribution in [0.4, 0.5) is 0 Å². The van der Waals surface area contributed by atoms with E-state index in [1.54, 1.807) is 0 Å². The summed E-state index contributed by atoms with van der Waals surface area (Å²) in [7, 11) is 0. The molecule has 0 aromatic heterocycles. The molecule has 0 aliphatic heterocycles. The first kappa shape index (κ1) is 22.8. The monoisotopic (exact) mass is 236 g/mol. The molecule has 13 heavy (non-hydrogen) atoms. The van der Waals surface area contributed by atoms with E-state index in [0.717, 1.165) is 13.8 Å². The summed E-state index contributed by atoms with van der Waals surface area (Å²) in [5.41, 5.74) is 9.81. The fraction of sp³-hybridized carbons (Fsp3) is 0.667. The summed E-state index contributed by atoms with van der Waals surface area (Å²) in [4.78, 5) is 17.8. The number of nitrogens with two attached hydrogens (primary N) is 2. The number of carbonyl (C=O) groups excluding carboxylic acids is 2. The van der Waals surface area contributed by atoms with Gasteiger partial charge in [-0.1, -0.05) is 0 Å². The van der Waals surface area contributed by atoms with Gasteiger partial charge in [-0.05, 0) is 13.8 Å². The van der Waals surface area contributed by atoms with E-state index >= 15 is 0 Å². The molecule has 0 unspecified atom stereocenters. The van der Waals surface area contributed by atoms with Gasteiger partial charge in [0, 0.05) is 25.0 Å². The minimum atomic E-state index is -1.08. The zero-order valence-corrected chi connectivity index (χ0v) is 8.51. The van der Waals surface area contributed by atoms with Crippen LogP contribution >= 0.6 is 0 Å². The third kappa shape index (κ3) is 7950. The first-order valence-corrected chi connectivity index (χ1v) is 3.13. The van der Waals surface area contributed by atoms with Crippen molar-refractivity contribution in [3.63, 3.8) is 0 Å². The molecule has 0 spiro atoms. The minimum absolute atomic E-state index is 0. The van der Waals surface area contributed by atoms with Gasteiger partial charge >= 0.3 is 16.5 Å². The van der Waals surface area contributed by atoms with Crippen LogP contribution in [0.2, 0.25) is 0 Å². The molecule has 0 atom stereocenters. The van der Waals surface area contributed by atoms with E-state index in [1.807, 2.05) is 0 Å². The third-order valence-electron chi connectivity index (χ3n) is 0.167. The number of hydrogen-bond donors (Lipinski definition) is 2. The van der Waals surface area contributed by atoms with Crippen molar-refractivity contribution >= 4 is 11.9 Å². The van der Waals surface area contributed by atoms with Crippen LogP contribution in [-0.2, 0) is 26.1 Å². The fourth-order valence-electron chi connectivity index (χ4n) is 0. The number of rotatable bonds is 1. The Bertz CT molecular complexity index is 99.2. The van der Waals surface area contributed by atoms with Crippen LogP contribution in [0.3, 0.4) is 0 Å². The fourth-order valence-corrected chi connectivity index (χ4v) is 0. The van der Waals surface area contributed by atoms with Crippen molar-refractivity contribution in [3.8, 4) is 0 Å². The van der Waals surface area contributed by atoms with Gasteiger partial charge in [-0.2, -0.15) is 0 Å². The maximum Gasteiger partial charge on any atom is 2.00 e. The Morgan fingerprint density at radius 2 is 1.08 bits per heavy atom. The van der Waals surface area contributed by atoms with E-state index in [1.165, 1.54) is 0 Å². The summed E-state index contributed by atoms with van der Waals surface area (Å²) in [5, 5.41) is 17.8. The van der Waals surface area contributed by atoms with Gasteiger partial charge in [-0.3, -0.25) is 0 Å². The Kier molecular flexibility index (Phi) is 39.5. The van der Waals surface area contributed by atoms with Crippen LogP contribution in [0.15, 0.2) is 0 Å². The van der Waals surface area contributed by atoms with Gasteiger partial charge in [0.1, 0.15) is 0 Å². The number of carbonyl (C=O) groups is 2. The SMILES string of the molecule is CC(=O)[O-].CC(=O)[O-].NCCN.[Ni+2]. The number of carboxylic acids is 2. The number of carboxylic acid groups (broad SMARTS) is 2. The van der Waals surface area contributed by atoms with Crippen molar-refractivity contribution in [2.24, 2.45) is 11.5 Å². The molecule has 0 heterocycles. The second kappa shape index (κ2) is 22.5. The zero-order valence-electron chi connectivity index (χ0n) is 7.52. The minimum Gasteiger partial charge on any atom is -0.550 e. The van der Waals surface area contributed by atoms with Crippen molar-refractivity contribution in [2.75, 3.05) is 13.1 Å². The van der Waals surface area contributed by atoms with Gasteiger partial charge < -0.3 is 31.3 Å². The average molecular weight is 237 g/mol. The Morgan fingerprint density at radius 3 is 1.08 bits per heavy atom. The molecule has 0 bridgehead atoms. The molecule has 0 amide bonds. The first-order valence-electron chi connectivity index (χ1n) is 3.13. The Balaban J connectivity index is -0.0000000450. The van der Waals surface area contributed by atoms with E-state index in [0.29, 0.717) is 13.1 Å². The van der Waals surface area contributed by atoms with Gasteiger partial charge in [0.2, 0.25) is 0 Å². The largest absolute Gasteiger partial charge is 2.00 e. The Morgan fingerprint density at radius 1 is 1.00 bits per heavy atom. The molecule has 0 radical (unpaired) electrons. The van der Waals surface area contributed by atoms with Crippen molar-refractivity contribution in [1.29, 1.82) is 0 Å².